The van der Waals surface area contributed by atoms with Crippen LogP contribution in [-0.4, -0.2) is 30.0 Å². The molecule has 0 fully saturated rings. The number of hydrogen-bond acceptors (Lipinski definition) is 6. The van der Waals surface area contributed by atoms with Crippen LogP contribution in [0.25, 0.3) is 0 Å². The maximum absolute atomic E-state index is 12.0. The van der Waals surface area contributed by atoms with Crippen LogP contribution in [0, 0.1) is 6.92 Å². The molecule has 3 aromatic rings. The lowest BCUT2D eigenvalue weighted by Gasteiger charge is -2.14. The first-order chi connectivity index (χ1) is 12.0. The summed E-state index contributed by atoms with van der Waals surface area (Å²) >= 11 is 1.50. The van der Waals surface area contributed by atoms with E-state index in [1.165, 1.54) is 11.3 Å². The molecule has 0 unspecified atom stereocenters. The van der Waals surface area contributed by atoms with Crippen LogP contribution in [0.4, 0.5) is 23.0 Å². The molecule has 0 bridgehead atoms. The van der Waals surface area contributed by atoms with Crippen LogP contribution in [0.15, 0.2) is 47.2 Å². The van der Waals surface area contributed by atoms with E-state index in [9.17, 15) is 4.79 Å². The van der Waals surface area contributed by atoms with Crippen LogP contribution < -0.4 is 15.5 Å². The largest absolute Gasteiger partial charge is 0.363 e. The second kappa shape index (κ2) is 7.31. The minimum atomic E-state index is -0.107. The Morgan fingerprint density at radius 3 is 2.44 bits per heavy atom. The van der Waals surface area contributed by atoms with E-state index < -0.39 is 0 Å². The van der Waals surface area contributed by atoms with Gasteiger partial charge in [-0.2, -0.15) is 11.3 Å². The summed E-state index contributed by atoms with van der Waals surface area (Å²) in [7, 11) is 3.88. The number of rotatable bonds is 5. The van der Waals surface area contributed by atoms with Crippen LogP contribution in [-0.2, 0) is 0 Å². The van der Waals surface area contributed by atoms with Gasteiger partial charge >= 0.3 is 0 Å². The number of amides is 1. The smallest absolute Gasteiger partial charge is 0.256 e. The Balaban J connectivity index is 1.70. The summed E-state index contributed by atoms with van der Waals surface area (Å²) in [5.74, 6) is 2.17. The maximum Gasteiger partial charge on any atom is 0.256 e. The molecular weight excluding hydrogens is 334 g/mol. The fourth-order valence-electron chi connectivity index (χ4n) is 2.23. The number of aromatic nitrogens is 2. The number of carbonyl (C=O) groups excluding carboxylic acids is 1. The Labute approximate surface area is 150 Å². The maximum atomic E-state index is 12.0. The molecule has 0 atom stereocenters. The highest BCUT2D eigenvalue weighted by Crippen LogP contribution is 2.21. The lowest BCUT2D eigenvalue weighted by Crippen LogP contribution is -2.12. The van der Waals surface area contributed by atoms with Gasteiger partial charge in [0.15, 0.2) is 0 Å². The first-order valence-electron chi connectivity index (χ1n) is 7.75. The first-order valence-corrected chi connectivity index (χ1v) is 8.69. The summed E-state index contributed by atoms with van der Waals surface area (Å²) in [6.45, 7) is 1.86. The lowest BCUT2D eigenvalue weighted by atomic mass is 10.2. The van der Waals surface area contributed by atoms with Gasteiger partial charge in [0.2, 0.25) is 0 Å². The minimum Gasteiger partial charge on any atom is -0.363 e. The molecule has 3 rings (SSSR count). The van der Waals surface area contributed by atoms with Gasteiger partial charge in [0, 0.05) is 36.9 Å². The Kier molecular flexibility index (Phi) is 4.95. The molecule has 0 aliphatic carbocycles. The highest BCUT2D eigenvalue weighted by Gasteiger charge is 2.07. The van der Waals surface area contributed by atoms with Gasteiger partial charge in [-0.3, -0.25) is 4.79 Å². The fraction of sp³-hybridized carbons (Fsp3) is 0.167. The summed E-state index contributed by atoms with van der Waals surface area (Å²) in [6, 6.07) is 11.2. The monoisotopic (exact) mass is 353 g/mol. The van der Waals surface area contributed by atoms with Crippen molar-refractivity contribution in [3.8, 4) is 0 Å². The normalized spacial score (nSPS) is 10.4. The van der Waals surface area contributed by atoms with Gasteiger partial charge in [0.25, 0.3) is 5.91 Å². The van der Waals surface area contributed by atoms with E-state index in [1.807, 2.05) is 67.0 Å². The molecule has 0 aliphatic heterocycles. The SMILES string of the molecule is Cc1nc(Nc2ccc(NC(=O)c3ccsc3)cc2)cc(N(C)C)n1. The number of aryl methyl sites for hydroxylation is 1. The van der Waals surface area contributed by atoms with E-state index in [4.69, 9.17) is 0 Å². The van der Waals surface area contributed by atoms with E-state index in [0.717, 1.165) is 23.0 Å². The highest BCUT2D eigenvalue weighted by atomic mass is 32.1. The van der Waals surface area contributed by atoms with Crippen molar-refractivity contribution in [1.29, 1.82) is 0 Å². The summed E-state index contributed by atoms with van der Waals surface area (Å²) < 4.78 is 0. The molecule has 1 aromatic carbocycles. The van der Waals surface area contributed by atoms with Crippen molar-refractivity contribution in [2.45, 2.75) is 6.92 Å². The number of benzene rings is 1. The lowest BCUT2D eigenvalue weighted by molar-refractivity contribution is 0.102. The van der Waals surface area contributed by atoms with E-state index in [2.05, 4.69) is 20.6 Å². The standard InChI is InChI=1S/C18H19N5OS/c1-12-19-16(10-17(20-12)23(2)3)21-14-4-6-15(7-5-14)22-18(24)13-8-9-25-11-13/h4-11H,1-3H3,(H,22,24)(H,19,20,21). The molecule has 7 heteroatoms. The van der Waals surface area contributed by atoms with E-state index in [1.54, 1.807) is 6.07 Å². The average molecular weight is 353 g/mol. The third kappa shape index (κ3) is 4.33. The van der Waals surface area contributed by atoms with Gasteiger partial charge in [-0.15, -0.1) is 0 Å². The van der Waals surface area contributed by atoms with Crippen LogP contribution in [0.2, 0.25) is 0 Å². The van der Waals surface area contributed by atoms with Crippen molar-refractivity contribution in [1.82, 2.24) is 9.97 Å². The molecule has 0 aliphatic rings. The molecule has 0 saturated heterocycles. The zero-order chi connectivity index (χ0) is 17.8. The van der Waals surface area contributed by atoms with E-state index in [0.29, 0.717) is 11.4 Å². The van der Waals surface area contributed by atoms with Crippen molar-refractivity contribution < 1.29 is 4.79 Å². The molecule has 128 valence electrons. The summed E-state index contributed by atoms with van der Waals surface area (Å²) in [5, 5.41) is 9.84. The first kappa shape index (κ1) is 16.9. The number of thiophene rings is 1. The Hall–Kier alpha value is -2.93. The van der Waals surface area contributed by atoms with Crippen LogP contribution in [0.5, 0.6) is 0 Å². The number of anilines is 4. The predicted molar refractivity (Wildman–Crippen MR) is 103 cm³/mol. The summed E-state index contributed by atoms with van der Waals surface area (Å²) in [4.78, 5) is 22.8. The van der Waals surface area contributed by atoms with Crippen molar-refractivity contribution in [2.75, 3.05) is 29.6 Å². The average Bonchev–Trinajstić information content (AvgIpc) is 3.11. The van der Waals surface area contributed by atoms with E-state index in [-0.39, 0.29) is 5.91 Å². The van der Waals surface area contributed by atoms with E-state index >= 15 is 0 Å². The Bertz CT molecular complexity index is 860. The van der Waals surface area contributed by atoms with Crippen molar-refractivity contribution >= 4 is 40.3 Å². The van der Waals surface area contributed by atoms with Crippen molar-refractivity contribution in [3.63, 3.8) is 0 Å². The van der Waals surface area contributed by atoms with Gasteiger partial charge in [-0.05, 0) is 42.6 Å². The molecular formula is C18H19N5OS. The quantitative estimate of drug-likeness (QED) is 0.728. The van der Waals surface area contributed by atoms with Crippen LogP contribution in [0.3, 0.4) is 0 Å². The molecule has 2 N–H and O–H groups in total. The molecule has 6 nitrogen and oxygen atoms in total. The highest BCUT2D eigenvalue weighted by molar-refractivity contribution is 7.08. The van der Waals surface area contributed by atoms with Gasteiger partial charge < -0.3 is 15.5 Å². The molecule has 2 heterocycles. The summed E-state index contributed by atoms with van der Waals surface area (Å²) in [5.41, 5.74) is 2.30. The molecule has 0 spiro atoms. The van der Waals surface area contributed by atoms with Gasteiger partial charge in [-0.25, -0.2) is 9.97 Å². The van der Waals surface area contributed by atoms with Crippen LogP contribution >= 0.6 is 11.3 Å². The number of nitrogens with one attached hydrogen (secondary N) is 2. The minimum absolute atomic E-state index is 0.107. The predicted octanol–water partition coefficient (Wildman–Crippen LogP) is 3.91. The van der Waals surface area contributed by atoms with Gasteiger partial charge in [0.1, 0.15) is 17.5 Å². The molecule has 0 radical (unpaired) electrons. The van der Waals surface area contributed by atoms with Gasteiger partial charge in [-0.1, -0.05) is 0 Å². The summed E-state index contributed by atoms with van der Waals surface area (Å²) in [6.07, 6.45) is 0. The zero-order valence-corrected chi connectivity index (χ0v) is 15.1. The Morgan fingerprint density at radius 1 is 1.08 bits per heavy atom. The molecule has 0 saturated carbocycles. The fourth-order valence-corrected chi connectivity index (χ4v) is 2.86. The number of carbonyl (C=O) groups is 1. The van der Waals surface area contributed by atoms with Crippen molar-refractivity contribution in [3.05, 3.63) is 58.5 Å². The van der Waals surface area contributed by atoms with Crippen molar-refractivity contribution in [2.24, 2.45) is 0 Å². The van der Waals surface area contributed by atoms with Gasteiger partial charge in [0.05, 0.1) is 5.56 Å². The number of hydrogen-bond donors (Lipinski definition) is 2. The molecule has 1 amide bonds. The second-order valence-electron chi connectivity index (χ2n) is 5.72. The number of nitrogens with zero attached hydrogens (tertiary/aromatic N) is 3. The Morgan fingerprint density at radius 2 is 1.80 bits per heavy atom. The topological polar surface area (TPSA) is 70.2 Å². The zero-order valence-electron chi connectivity index (χ0n) is 14.3. The third-order valence-corrected chi connectivity index (χ3v) is 4.16. The molecule has 2 aromatic heterocycles. The molecule has 25 heavy (non-hydrogen) atoms. The third-order valence-electron chi connectivity index (χ3n) is 3.48. The second-order valence-corrected chi connectivity index (χ2v) is 6.50. The van der Waals surface area contributed by atoms with Crippen LogP contribution in [0.1, 0.15) is 16.2 Å².